The predicted molar refractivity (Wildman–Crippen MR) is 579 cm³/mol. The van der Waals surface area contributed by atoms with Gasteiger partial charge in [-0.3, -0.25) is 67.1 Å². The van der Waals surface area contributed by atoms with Gasteiger partial charge in [-0.1, -0.05) is 0 Å². The normalized spacial score (nSPS) is 10.7. The van der Waals surface area contributed by atoms with Crippen molar-refractivity contribution in [1.29, 1.82) is 0 Å². The van der Waals surface area contributed by atoms with Gasteiger partial charge in [0.05, 0.1) is 0 Å². The van der Waals surface area contributed by atoms with Crippen molar-refractivity contribution >= 4 is 253 Å². The number of amides is 14. The summed E-state index contributed by atoms with van der Waals surface area (Å²) in [6, 6.07) is 61.1. The number of nitrogens with one attached hydrogen (secondary N) is 14. The average molecular weight is 1990 g/mol. The quantitative estimate of drug-likeness (QED) is 0.0203. The minimum atomic E-state index is -0.952. The fraction of sp³-hybridized carbons (Fsp3) is 0. The molecule has 0 bridgehead atoms. The third-order valence-corrected chi connectivity index (χ3v) is 21.6. The fourth-order valence-electron chi connectivity index (χ4n) is 15.4. The van der Waals surface area contributed by atoms with E-state index < -0.39 is 82.7 Å². The van der Waals surface area contributed by atoms with Crippen molar-refractivity contribution in [3.63, 3.8) is 0 Å². The van der Waals surface area contributed by atoms with Crippen LogP contribution in [0.25, 0.3) is 0 Å². The molecule has 742 valence electrons. The molecule has 15 rings (SSSR count). The Bertz CT molecular complexity index is 6710. The Morgan fingerprint density at radius 2 is 0.176 bits per heavy atom. The number of hydrogen-bond donors (Lipinski definition) is 30. The molecule has 0 aliphatic heterocycles. The molecule has 0 radical (unpaired) electrons. The second kappa shape index (κ2) is 42.6. The number of benzene rings is 15. The first-order valence-corrected chi connectivity index (χ1v) is 44.0. The number of hydrogen-bond acceptors (Lipinski definition) is 30. The molecule has 0 aromatic heterocycles. The highest BCUT2D eigenvalue weighted by atomic mass is 16.2. The lowest BCUT2D eigenvalue weighted by atomic mass is 10.1. The zero-order valence-electron chi connectivity index (χ0n) is 77.5. The van der Waals surface area contributed by atoms with Gasteiger partial charge in [0.1, 0.15) is 0 Å². The molecule has 15 aromatic carbocycles. The van der Waals surface area contributed by atoms with E-state index in [9.17, 15) is 38.4 Å². The van der Waals surface area contributed by atoms with E-state index in [-0.39, 0.29) is 249 Å². The SMILES string of the molecule is Nc1cc(N)cc(C(=O)Nc2cc(NC(=O)c3cc(N)cc(N)c3)cc(C(=O)Nc3cc(NC(=O)c4cc(NC(=O)c5cc(N)cc(N)c5)cc(NC(=O)c5cc(N)cc(N)c5)c4)cc(C(=O)Nc4ccc(NC(=O)c5cc(NC(=O)c6cc(NC(=O)c7cc(N)cc(N)c7)cc(NC(=O)c7cc(N)cc(N)c7)c6)cc(NC(=O)c6cc(NC(=O)c7cc(N)cc(N)c7)cc(NC(=O)c7cc(N)cc(N)c7)c6)c5)cc4)c3)c2)c1. The lowest BCUT2D eigenvalue weighted by Crippen LogP contribution is -2.19. The van der Waals surface area contributed by atoms with Crippen molar-refractivity contribution in [2.45, 2.75) is 0 Å². The van der Waals surface area contributed by atoms with E-state index in [0.29, 0.717) is 0 Å². The minimum absolute atomic E-state index is 0.0106. The monoisotopic (exact) mass is 1980 g/mol. The third-order valence-electron chi connectivity index (χ3n) is 21.6. The fourth-order valence-corrected chi connectivity index (χ4v) is 15.4. The highest BCUT2D eigenvalue weighted by molar-refractivity contribution is 6.19. The number of nitrogens with two attached hydrogens (primary N) is 16. The van der Waals surface area contributed by atoms with Crippen LogP contribution >= 0.6 is 0 Å². The Hall–Kier alpha value is -22.3. The van der Waals surface area contributed by atoms with E-state index in [4.69, 9.17) is 91.7 Å². The number of carbonyl (C=O) groups is 14. The molecule has 0 saturated heterocycles. The van der Waals surface area contributed by atoms with Crippen LogP contribution in [0.3, 0.4) is 0 Å². The van der Waals surface area contributed by atoms with Crippen LogP contribution < -0.4 is 166 Å². The minimum Gasteiger partial charge on any atom is -0.399 e. The summed E-state index contributed by atoms with van der Waals surface area (Å²) < 4.78 is 0. The number of carbonyl (C=O) groups excluding carboxylic acids is 14. The first kappa shape index (κ1) is 100. The van der Waals surface area contributed by atoms with Gasteiger partial charge in [0.2, 0.25) is 0 Å². The molecular formula is C104H92N30O14. The maximum absolute atomic E-state index is 15.0. The van der Waals surface area contributed by atoms with E-state index in [0.717, 1.165) is 0 Å². The zero-order chi connectivity index (χ0) is 106. The molecule has 0 unspecified atom stereocenters. The average Bonchev–Trinajstić information content (AvgIpc) is 0.814. The Kier molecular flexibility index (Phi) is 28.8. The second-order valence-corrected chi connectivity index (χ2v) is 33.8. The molecule has 148 heavy (non-hydrogen) atoms. The van der Waals surface area contributed by atoms with Crippen molar-refractivity contribution in [1.82, 2.24) is 0 Å². The van der Waals surface area contributed by atoms with Gasteiger partial charge in [0.25, 0.3) is 82.7 Å². The Labute approximate surface area is 839 Å². The molecule has 14 amide bonds. The largest absolute Gasteiger partial charge is 0.399 e. The van der Waals surface area contributed by atoms with E-state index in [1.807, 2.05) is 0 Å². The summed E-state index contributed by atoms with van der Waals surface area (Å²) in [7, 11) is 0. The van der Waals surface area contributed by atoms with Crippen LogP contribution in [0.2, 0.25) is 0 Å². The van der Waals surface area contributed by atoms with Gasteiger partial charge < -0.3 is 166 Å². The molecule has 46 N–H and O–H groups in total. The van der Waals surface area contributed by atoms with Crippen LogP contribution in [-0.2, 0) is 0 Å². The maximum atomic E-state index is 15.0. The molecule has 15 aromatic rings. The van der Waals surface area contributed by atoms with Crippen LogP contribution in [-0.4, -0.2) is 82.7 Å². The first-order chi connectivity index (χ1) is 70.3. The summed E-state index contributed by atoms with van der Waals surface area (Å²) in [5.74, 6) is -11.6. The standard InChI is InChI=1S/C104H92N30O14/c105-61-5-47(6-62(106)33-61)91(135)123-79-25-57(26-80(41-79)124-92(136)48-7-63(107)34-64(108)8-48)101(145)131-87-21-55(22-88(45-87)132-102(146)58-27-81(125-93(137)49-9-65(109)35-66(110)10-49)42-82(28-58)126-94(138)50-11-67(111)36-68(112)12-50)99(143)121-77-1-2-78(4-3-77)122-100(144)56-23-89(133-103(147)59-29-83(127-95(139)51-13-69(113)37-70(114)14-51)43-84(30-59)128-96(140)52-15-71(115)38-72(116)16-52)46-90(24-56)134-104(148)60-31-85(129-97(141)53-17-73(117)39-74(118)18-53)44-86(32-60)130-98(142)54-19-75(119)40-76(120)20-54/h1-46H,105-120H2,(H,121,143)(H,122,144)(H,123,135)(H,124,136)(H,125,137)(H,126,138)(H,127,139)(H,128,140)(H,129,141)(H,130,142)(H,131,145)(H,132,146)(H,133,147)(H,134,148). The maximum Gasteiger partial charge on any atom is 0.255 e. The lowest BCUT2D eigenvalue weighted by Gasteiger charge is -2.16. The van der Waals surface area contributed by atoms with Gasteiger partial charge >= 0.3 is 0 Å². The predicted octanol–water partition coefficient (Wildman–Crippen LogP) is 12.5. The van der Waals surface area contributed by atoms with Crippen molar-refractivity contribution in [3.8, 4) is 0 Å². The van der Waals surface area contributed by atoms with E-state index in [1.165, 1.54) is 279 Å². The van der Waals surface area contributed by atoms with E-state index in [1.54, 1.807) is 0 Å². The summed E-state index contributed by atoms with van der Waals surface area (Å²) in [5, 5.41) is 37.9. The summed E-state index contributed by atoms with van der Waals surface area (Å²) in [6.07, 6.45) is 0. The Morgan fingerprint density at radius 1 is 0.101 bits per heavy atom. The van der Waals surface area contributed by atoms with Crippen LogP contribution in [0, 0.1) is 0 Å². The number of rotatable bonds is 28. The lowest BCUT2D eigenvalue weighted by molar-refractivity contribution is 0.101. The first-order valence-electron chi connectivity index (χ1n) is 44.0. The molecule has 0 saturated carbocycles. The van der Waals surface area contributed by atoms with Crippen molar-refractivity contribution in [2.75, 3.05) is 166 Å². The van der Waals surface area contributed by atoms with Gasteiger partial charge in [0, 0.05) is 249 Å². The molecule has 0 aliphatic rings. The van der Waals surface area contributed by atoms with Gasteiger partial charge in [0.15, 0.2) is 0 Å². The summed E-state index contributed by atoms with van der Waals surface area (Å²) in [4.78, 5) is 202. The van der Waals surface area contributed by atoms with Crippen molar-refractivity contribution in [3.05, 3.63) is 357 Å². The van der Waals surface area contributed by atoms with Gasteiger partial charge in [-0.05, 0) is 279 Å². The number of nitrogen functional groups attached to an aromatic ring is 16. The highest BCUT2D eigenvalue weighted by Gasteiger charge is 2.26. The molecule has 44 nitrogen and oxygen atoms in total. The second-order valence-electron chi connectivity index (χ2n) is 33.8. The van der Waals surface area contributed by atoms with Gasteiger partial charge in [-0.15, -0.1) is 0 Å². The van der Waals surface area contributed by atoms with E-state index >= 15 is 28.8 Å². The molecule has 0 atom stereocenters. The van der Waals surface area contributed by atoms with Gasteiger partial charge in [-0.25, -0.2) is 0 Å². The summed E-state index contributed by atoms with van der Waals surface area (Å²) >= 11 is 0. The van der Waals surface area contributed by atoms with Crippen molar-refractivity contribution < 1.29 is 67.1 Å². The summed E-state index contributed by atoms with van der Waals surface area (Å²) in [6.45, 7) is 0. The third kappa shape index (κ3) is 26.0. The zero-order valence-corrected chi connectivity index (χ0v) is 77.5. The molecular weight excluding hydrogens is 1890 g/mol. The molecule has 0 fully saturated rings. The molecule has 0 aliphatic carbocycles. The van der Waals surface area contributed by atoms with Crippen LogP contribution in [0.15, 0.2) is 279 Å². The van der Waals surface area contributed by atoms with Crippen molar-refractivity contribution in [2.24, 2.45) is 0 Å². The van der Waals surface area contributed by atoms with Crippen LogP contribution in [0.4, 0.5) is 171 Å². The Morgan fingerprint density at radius 3 is 0.264 bits per heavy atom. The summed E-state index contributed by atoms with van der Waals surface area (Å²) in [5.41, 5.74) is 96.6. The van der Waals surface area contributed by atoms with Crippen LogP contribution in [0.5, 0.6) is 0 Å². The molecule has 0 heterocycles. The topological polar surface area (TPSA) is 824 Å². The smallest absolute Gasteiger partial charge is 0.255 e. The molecule has 0 spiro atoms. The van der Waals surface area contributed by atoms with Crippen LogP contribution in [0.1, 0.15) is 145 Å². The molecule has 44 heteroatoms. The van der Waals surface area contributed by atoms with Gasteiger partial charge in [-0.2, -0.15) is 0 Å². The highest BCUT2D eigenvalue weighted by Crippen LogP contribution is 2.35. The Balaban J connectivity index is 0.762. The number of anilines is 30. The van der Waals surface area contributed by atoms with E-state index in [2.05, 4.69) is 74.4 Å².